The van der Waals surface area contributed by atoms with E-state index in [0.29, 0.717) is 49.7 Å². The highest BCUT2D eigenvalue weighted by Crippen LogP contribution is 2.33. The van der Waals surface area contributed by atoms with Gasteiger partial charge in [-0.25, -0.2) is 4.79 Å². The fourth-order valence-electron chi connectivity index (χ4n) is 4.08. The van der Waals surface area contributed by atoms with E-state index in [1.807, 2.05) is 9.80 Å². The summed E-state index contributed by atoms with van der Waals surface area (Å²) < 4.78 is 10.9. The lowest BCUT2D eigenvalue weighted by molar-refractivity contribution is -0.134. The fourth-order valence-corrected chi connectivity index (χ4v) is 4.08. The number of fused-ring (bicyclic) bond motifs is 3. The van der Waals surface area contributed by atoms with Gasteiger partial charge in [0.05, 0.1) is 24.8 Å². The molecule has 3 heterocycles. The number of carbonyl (C=O) groups is 2. The molecule has 26 heavy (non-hydrogen) atoms. The highest BCUT2D eigenvalue weighted by Gasteiger charge is 2.41. The Kier molecular flexibility index (Phi) is 4.34. The molecule has 7 heteroatoms. The summed E-state index contributed by atoms with van der Waals surface area (Å²) in [4.78, 5) is 41.1. The molecule has 2 saturated heterocycles. The molecular weight excluding hydrogens is 336 g/mol. The largest absolute Gasteiger partial charge is 0.427 e. The molecule has 1 aromatic rings. The summed E-state index contributed by atoms with van der Waals surface area (Å²) in [6.07, 6.45) is 1.95. The smallest absolute Gasteiger partial charge is 0.336 e. The van der Waals surface area contributed by atoms with Gasteiger partial charge in [-0.3, -0.25) is 9.59 Å². The van der Waals surface area contributed by atoms with Crippen LogP contribution in [0.3, 0.4) is 0 Å². The van der Waals surface area contributed by atoms with Gasteiger partial charge >= 0.3 is 5.63 Å². The molecule has 4 rings (SSSR count). The van der Waals surface area contributed by atoms with E-state index in [0.717, 1.165) is 12.8 Å². The van der Waals surface area contributed by atoms with E-state index < -0.39 is 5.63 Å². The monoisotopic (exact) mass is 360 g/mol. The predicted octanol–water partition coefficient (Wildman–Crippen LogP) is 0.966. The maximum absolute atomic E-state index is 13.3. The first kappa shape index (κ1) is 17.3. The minimum absolute atomic E-state index is 0.102. The van der Waals surface area contributed by atoms with E-state index in [1.54, 1.807) is 13.8 Å². The molecule has 0 unspecified atom stereocenters. The van der Waals surface area contributed by atoms with Crippen LogP contribution in [0, 0.1) is 25.7 Å². The van der Waals surface area contributed by atoms with Crippen molar-refractivity contribution in [3.05, 3.63) is 33.4 Å². The highest BCUT2D eigenvalue weighted by molar-refractivity contribution is 5.96. The molecule has 3 aliphatic rings. The van der Waals surface area contributed by atoms with Crippen LogP contribution in [0.4, 0.5) is 0 Å². The van der Waals surface area contributed by atoms with Crippen molar-refractivity contribution in [3.8, 4) is 0 Å². The Labute approximate surface area is 151 Å². The second-order valence-corrected chi connectivity index (χ2v) is 7.71. The quantitative estimate of drug-likeness (QED) is 0.785. The molecule has 2 amide bonds. The summed E-state index contributed by atoms with van der Waals surface area (Å²) in [5, 5.41) is 0. The van der Waals surface area contributed by atoms with Gasteiger partial charge in [0, 0.05) is 37.5 Å². The van der Waals surface area contributed by atoms with Crippen molar-refractivity contribution < 1.29 is 18.7 Å². The zero-order chi connectivity index (χ0) is 18.4. The van der Waals surface area contributed by atoms with Gasteiger partial charge in [0.15, 0.2) is 0 Å². The van der Waals surface area contributed by atoms with Crippen molar-refractivity contribution in [2.24, 2.45) is 11.8 Å². The molecule has 2 bridgehead atoms. The zero-order valence-electron chi connectivity index (χ0n) is 15.2. The normalized spacial score (nSPS) is 25.8. The number of rotatable bonds is 2. The van der Waals surface area contributed by atoms with Crippen LogP contribution in [-0.2, 0) is 9.53 Å². The van der Waals surface area contributed by atoms with Crippen molar-refractivity contribution in [3.63, 3.8) is 0 Å². The fraction of sp³-hybridized carbons (Fsp3) is 0.632. The minimum atomic E-state index is -0.448. The van der Waals surface area contributed by atoms with Crippen LogP contribution in [0.25, 0.3) is 0 Å². The van der Waals surface area contributed by atoms with Crippen LogP contribution in [0.1, 0.15) is 34.5 Å². The molecule has 3 fully saturated rings. The molecule has 0 spiro atoms. The van der Waals surface area contributed by atoms with Crippen LogP contribution in [0.2, 0.25) is 0 Å². The van der Waals surface area contributed by atoms with Gasteiger partial charge in [-0.2, -0.15) is 0 Å². The number of hydrogen-bond acceptors (Lipinski definition) is 5. The Morgan fingerprint density at radius 3 is 2.58 bits per heavy atom. The average molecular weight is 360 g/mol. The highest BCUT2D eigenvalue weighted by atomic mass is 16.5. The van der Waals surface area contributed by atoms with Crippen molar-refractivity contribution in [1.82, 2.24) is 9.80 Å². The van der Waals surface area contributed by atoms with Gasteiger partial charge in [0.25, 0.3) is 5.91 Å². The second kappa shape index (κ2) is 6.54. The molecule has 0 N–H and O–H groups in total. The number of hydrogen-bond donors (Lipinski definition) is 0. The zero-order valence-corrected chi connectivity index (χ0v) is 15.2. The molecular formula is C19H24N2O5. The Hall–Kier alpha value is -2.15. The number of aryl methyl sites for hydroxylation is 2. The van der Waals surface area contributed by atoms with Crippen LogP contribution in [-0.4, -0.2) is 60.5 Å². The van der Waals surface area contributed by atoms with Gasteiger partial charge in [0.1, 0.15) is 5.76 Å². The topological polar surface area (TPSA) is 80.1 Å². The Morgan fingerprint density at radius 2 is 1.88 bits per heavy atom. The Bertz CT molecular complexity index is 771. The summed E-state index contributed by atoms with van der Waals surface area (Å²) in [5.74, 6) is 0.683. The Morgan fingerprint density at radius 1 is 1.12 bits per heavy atom. The van der Waals surface area contributed by atoms with Crippen LogP contribution in [0.15, 0.2) is 15.3 Å². The lowest BCUT2D eigenvalue weighted by Gasteiger charge is -2.31. The lowest BCUT2D eigenvalue weighted by Crippen LogP contribution is -2.48. The van der Waals surface area contributed by atoms with E-state index >= 15 is 0 Å². The maximum atomic E-state index is 13.3. The summed E-state index contributed by atoms with van der Waals surface area (Å²) in [6, 6.07) is 1.17. The molecule has 1 aliphatic carbocycles. The lowest BCUT2D eigenvalue weighted by atomic mass is 10.1. The second-order valence-electron chi connectivity index (χ2n) is 7.71. The standard InChI is InChI=1S/C19H24N2O5/c1-11-5-16(22)26-12(2)17(11)19(24)21-7-13-6-20(18(23)14-3-4-14)8-15(21)10-25-9-13/h5,13-15H,3-4,6-10H2,1-2H3/t13-,15-/m0/s1. The van der Waals surface area contributed by atoms with Gasteiger partial charge in [0.2, 0.25) is 5.91 Å². The SMILES string of the molecule is Cc1cc(=O)oc(C)c1C(=O)N1C[C@H]2COC[C@@H]1CN(C(=O)C1CC1)C2. The van der Waals surface area contributed by atoms with Gasteiger partial charge in [-0.15, -0.1) is 0 Å². The molecule has 1 saturated carbocycles. The first-order chi connectivity index (χ1) is 12.4. The summed E-state index contributed by atoms with van der Waals surface area (Å²) in [5.41, 5.74) is 0.613. The molecule has 1 aromatic heterocycles. The van der Waals surface area contributed by atoms with E-state index in [4.69, 9.17) is 9.15 Å². The predicted molar refractivity (Wildman–Crippen MR) is 92.9 cm³/mol. The maximum Gasteiger partial charge on any atom is 0.336 e. The van der Waals surface area contributed by atoms with Crippen LogP contribution >= 0.6 is 0 Å². The average Bonchev–Trinajstić information content (AvgIpc) is 3.39. The third kappa shape index (κ3) is 3.16. The summed E-state index contributed by atoms with van der Waals surface area (Å²) in [6.45, 7) is 6.06. The Balaban J connectivity index is 1.63. The third-order valence-corrected chi connectivity index (χ3v) is 5.52. The van der Waals surface area contributed by atoms with E-state index in [-0.39, 0.29) is 29.7 Å². The first-order valence-electron chi connectivity index (χ1n) is 9.23. The molecule has 7 nitrogen and oxygen atoms in total. The number of carbonyl (C=O) groups excluding carboxylic acids is 2. The molecule has 0 aromatic carbocycles. The van der Waals surface area contributed by atoms with E-state index in [9.17, 15) is 14.4 Å². The van der Waals surface area contributed by atoms with Crippen molar-refractivity contribution in [2.75, 3.05) is 32.8 Å². The third-order valence-electron chi connectivity index (χ3n) is 5.52. The summed E-state index contributed by atoms with van der Waals surface area (Å²) in [7, 11) is 0. The summed E-state index contributed by atoms with van der Waals surface area (Å²) >= 11 is 0. The molecule has 2 atom stereocenters. The van der Waals surface area contributed by atoms with Gasteiger partial charge in [-0.1, -0.05) is 0 Å². The van der Waals surface area contributed by atoms with Crippen LogP contribution in [0.5, 0.6) is 0 Å². The van der Waals surface area contributed by atoms with E-state index in [1.165, 1.54) is 6.07 Å². The minimum Gasteiger partial charge on any atom is -0.427 e. The molecule has 2 aliphatic heterocycles. The van der Waals surface area contributed by atoms with Crippen molar-refractivity contribution in [2.45, 2.75) is 32.7 Å². The number of ether oxygens (including phenoxy) is 1. The molecule has 140 valence electrons. The number of nitrogens with zero attached hydrogens (tertiary/aromatic N) is 2. The van der Waals surface area contributed by atoms with Crippen molar-refractivity contribution in [1.29, 1.82) is 0 Å². The number of amides is 2. The molecule has 0 radical (unpaired) electrons. The van der Waals surface area contributed by atoms with Crippen LogP contribution < -0.4 is 5.63 Å². The van der Waals surface area contributed by atoms with Crippen molar-refractivity contribution >= 4 is 11.8 Å². The first-order valence-corrected chi connectivity index (χ1v) is 9.23. The van der Waals surface area contributed by atoms with E-state index in [2.05, 4.69) is 0 Å². The van der Waals surface area contributed by atoms with Gasteiger partial charge in [-0.05, 0) is 32.3 Å². The van der Waals surface area contributed by atoms with Gasteiger partial charge < -0.3 is 19.0 Å².